The topological polar surface area (TPSA) is 137 Å². The summed E-state index contributed by atoms with van der Waals surface area (Å²) in [6.07, 6.45) is 1.17. The predicted molar refractivity (Wildman–Crippen MR) is 111 cm³/mol. The van der Waals surface area contributed by atoms with Gasteiger partial charge >= 0.3 is 5.97 Å². The van der Waals surface area contributed by atoms with E-state index in [1.807, 2.05) is 0 Å². The number of carbonyl (C=O) groups is 3. The maximum Gasteiger partial charge on any atom is 0.345 e. The fourth-order valence-electron chi connectivity index (χ4n) is 3.51. The van der Waals surface area contributed by atoms with E-state index in [1.54, 1.807) is 29.2 Å². The van der Waals surface area contributed by atoms with Crippen molar-refractivity contribution in [2.45, 2.75) is 12.8 Å². The van der Waals surface area contributed by atoms with Gasteiger partial charge in [0.2, 0.25) is 5.91 Å². The third-order valence-electron chi connectivity index (χ3n) is 4.95. The van der Waals surface area contributed by atoms with Crippen LogP contribution in [0.15, 0.2) is 36.4 Å². The highest BCUT2D eigenvalue weighted by Crippen LogP contribution is 2.37. The lowest BCUT2D eigenvalue weighted by molar-refractivity contribution is -0.385. The van der Waals surface area contributed by atoms with Crippen molar-refractivity contribution in [2.24, 2.45) is 0 Å². The molecule has 32 heavy (non-hydrogen) atoms. The number of benzene rings is 2. The number of hydrogen-bond acceptors (Lipinski definition) is 8. The fourth-order valence-corrected chi connectivity index (χ4v) is 3.51. The molecule has 0 atom stereocenters. The summed E-state index contributed by atoms with van der Waals surface area (Å²) >= 11 is 0. The fraction of sp³-hybridized carbons (Fsp3) is 0.286. The van der Waals surface area contributed by atoms with Gasteiger partial charge in [-0.05, 0) is 18.6 Å². The van der Waals surface area contributed by atoms with Crippen molar-refractivity contribution < 1.29 is 33.5 Å². The number of nitrogens with one attached hydrogen (secondary N) is 1. The molecule has 0 bridgehead atoms. The molecule has 11 heteroatoms. The van der Waals surface area contributed by atoms with Gasteiger partial charge in [-0.3, -0.25) is 19.7 Å². The van der Waals surface area contributed by atoms with E-state index in [0.29, 0.717) is 24.3 Å². The van der Waals surface area contributed by atoms with Crippen LogP contribution in [0.25, 0.3) is 0 Å². The largest absolute Gasteiger partial charge is 0.486 e. The van der Waals surface area contributed by atoms with Crippen LogP contribution in [0.3, 0.4) is 0 Å². The van der Waals surface area contributed by atoms with Crippen molar-refractivity contribution >= 4 is 34.8 Å². The highest BCUT2D eigenvalue weighted by molar-refractivity contribution is 6.03. The van der Waals surface area contributed by atoms with Gasteiger partial charge in [0, 0.05) is 19.0 Å². The first-order valence-electron chi connectivity index (χ1n) is 9.88. The SMILES string of the molecule is O=C(COC(=O)c1cc2c(cc1[N+](=O)[O-])OCCO2)Nc1ccccc1N1CCCC1=O. The van der Waals surface area contributed by atoms with Gasteiger partial charge in [-0.15, -0.1) is 0 Å². The molecule has 2 aliphatic heterocycles. The van der Waals surface area contributed by atoms with Gasteiger partial charge in [-0.2, -0.15) is 0 Å². The second-order valence-corrected chi connectivity index (χ2v) is 7.06. The molecule has 4 rings (SSSR count). The lowest BCUT2D eigenvalue weighted by Gasteiger charge is -2.20. The van der Waals surface area contributed by atoms with E-state index in [-0.39, 0.29) is 36.2 Å². The lowest BCUT2D eigenvalue weighted by Crippen LogP contribution is -2.27. The second kappa shape index (κ2) is 8.92. The molecule has 2 amide bonds. The molecule has 0 radical (unpaired) electrons. The summed E-state index contributed by atoms with van der Waals surface area (Å²) in [5.74, 6) is -1.40. The molecule has 0 unspecified atom stereocenters. The highest BCUT2D eigenvalue weighted by atomic mass is 16.6. The van der Waals surface area contributed by atoms with Crippen molar-refractivity contribution in [1.82, 2.24) is 0 Å². The van der Waals surface area contributed by atoms with Crippen molar-refractivity contribution in [3.05, 3.63) is 52.1 Å². The zero-order chi connectivity index (χ0) is 22.7. The number of para-hydroxylation sites is 2. The monoisotopic (exact) mass is 441 g/mol. The Bertz CT molecular complexity index is 1100. The molecule has 11 nitrogen and oxygen atoms in total. The summed E-state index contributed by atoms with van der Waals surface area (Å²) in [7, 11) is 0. The molecule has 2 aromatic carbocycles. The van der Waals surface area contributed by atoms with Crippen LogP contribution in [0.1, 0.15) is 23.2 Å². The average Bonchev–Trinajstić information content (AvgIpc) is 3.22. The van der Waals surface area contributed by atoms with Crippen LogP contribution in [0.5, 0.6) is 11.5 Å². The molecule has 1 N–H and O–H groups in total. The van der Waals surface area contributed by atoms with Gasteiger partial charge in [0.05, 0.1) is 22.4 Å². The zero-order valence-corrected chi connectivity index (χ0v) is 16.9. The number of rotatable bonds is 6. The van der Waals surface area contributed by atoms with Gasteiger partial charge in [0.1, 0.15) is 18.8 Å². The van der Waals surface area contributed by atoms with Crippen molar-refractivity contribution in [3.63, 3.8) is 0 Å². The van der Waals surface area contributed by atoms with Crippen LogP contribution in [-0.4, -0.2) is 49.1 Å². The Morgan fingerprint density at radius 3 is 2.56 bits per heavy atom. The third kappa shape index (κ3) is 4.31. The Labute approximate surface area is 182 Å². The summed E-state index contributed by atoms with van der Waals surface area (Å²) in [6.45, 7) is 0.348. The van der Waals surface area contributed by atoms with E-state index >= 15 is 0 Å². The van der Waals surface area contributed by atoms with Gasteiger partial charge in [0.15, 0.2) is 18.1 Å². The Morgan fingerprint density at radius 2 is 1.88 bits per heavy atom. The summed E-state index contributed by atoms with van der Waals surface area (Å²) < 4.78 is 15.7. The van der Waals surface area contributed by atoms with Gasteiger partial charge in [-0.1, -0.05) is 12.1 Å². The zero-order valence-electron chi connectivity index (χ0n) is 16.9. The molecule has 0 saturated carbocycles. The summed E-state index contributed by atoms with van der Waals surface area (Å²) in [5, 5.41) is 14.0. The van der Waals surface area contributed by atoms with Gasteiger partial charge in [-0.25, -0.2) is 4.79 Å². The number of hydrogen-bond donors (Lipinski definition) is 1. The molecule has 2 aromatic rings. The Hall–Kier alpha value is -4.15. The normalized spacial score (nSPS) is 14.8. The summed E-state index contributed by atoms with van der Waals surface area (Å²) in [5.41, 5.74) is 0.0823. The number of ether oxygens (including phenoxy) is 3. The van der Waals surface area contributed by atoms with Crippen molar-refractivity contribution in [1.29, 1.82) is 0 Å². The molecule has 166 valence electrons. The first kappa shape index (κ1) is 21.1. The van der Waals surface area contributed by atoms with E-state index in [9.17, 15) is 24.5 Å². The van der Waals surface area contributed by atoms with E-state index in [2.05, 4.69) is 5.32 Å². The van der Waals surface area contributed by atoms with Crippen molar-refractivity contribution in [2.75, 3.05) is 36.6 Å². The number of fused-ring (bicyclic) bond motifs is 1. The number of nitro groups is 1. The van der Waals surface area contributed by atoms with Crippen molar-refractivity contribution in [3.8, 4) is 11.5 Å². The van der Waals surface area contributed by atoms with Gasteiger partial charge < -0.3 is 24.4 Å². The number of anilines is 2. The molecule has 2 heterocycles. The third-order valence-corrected chi connectivity index (χ3v) is 4.95. The average molecular weight is 441 g/mol. The van der Waals surface area contributed by atoms with Crippen LogP contribution in [0.4, 0.5) is 17.1 Å². The van der Waals surface area contributed by atoms with Crippen LogP contribution in [0.2, 0.25) is 0 Å². The number of amides is 2. The second-order valence-electron chi connectivity index (χ2n) is 7.06. The minimum absolute atomic E-state index is 0.0379. The predicted octanol–water partition coefficient (Wildman–Crippen LogP) is 2.29. The standard InChI is InChI=1S/C21H19N3O8/c25-19(22-14-4-1-2-5-15(14)23-7-3-6-20(23)26)12-32-21(27)13-10-17-18(31-9-8-30-17)11-16(13)24(28)29/h1-2,4-5,10-11H,3,6-9,12H2,(H,22,25). The van der Waals surface area contributed by atoms with Crippen LogP contribution < -0.4 is 19.7 Å². The smallest absolute Gasteiger partial charge is 0.345 e. The van der Waals surface area contributed by atoms with Crippen LogP contribution in [0, 0.1) is 10.1 Å². The quantitative estimate of drug-likeness (QED) is 0.409. The highest BCUT2D eigenvalue weighted by Gasteiger charge is 2.28. The molecular formula is C21H19N3O8. The minimum atomic E-state index is -1.05. The van der Waals surface area contributed by atoms with Crippen LogP contribution in [-0.2, 0) is 14.3 Å². The number of nitrogens with zero attached hydrogens (tertiary/aromatic N) is 2. The van der Waals surface area contributed by atoms with Crippen LogP contribution >= 0.6 is 0 Å². The Balaban J connectivity index is 1.45. The molecule has 0 aromatic heterocycles. The molecule has 2 aliphatic rings. The Kier molecular flexibility index (Phi) is 5.88. The lowest BCUT2D eigenvalue weighted by atomic mass is 10.1. The summed E-state index contributed by atoms with van der Waals surface area (Å²) in [6, 6.07) is 9.05. The number of carbonyl (C=O) groups excluding carboxylic acids is 3. The maximum absolute atomic E-state index is 12.5. The number of nitro benzene ring substituents is 1. The van der Waals surface area contributed by atoms with E-state index < -0.39 is 29.1 Å². The Morgan fingerprint density at radius 1 is 1.16 bits per heavy atom. The van der Waals surface area contributed by atoms with E-state index in [4.69, 9.17) is 14.2 Å². The van der Waals surface area contributed by atoms with E-state index in [1.165, 1.54) is 6.07 Å². The molecule has 1 saturated heterocycles. The number of esters is 1. The maximum atomic E-state index is 12.5. The molecule has 0 aliphatic carbocycles. The first-order chi connectivity index (χ1) is 15.4. The molecular weight excluding hydrogens is 422 g/mol. The molecule has 1 fully saturated rings. The summed E-state index contributed by atoms with van der Waals surface area (Å²) in [4.78, 5) is 49.1. The van der Waals surface area contributed by atoms with E-state index in [0.717, 1.165) is 12.5 Å². The van der Waals surface area contributed by atoms with Gasteiger partial charge in [0.25, 0.3) is 11.6 Å². The molecule has 0 spiro atoms. The minimum Gasteiger partial charge on any atom is -0.486 e. The first-order valence-corrected chi connectivity index (χ1v) is 9.88.